The topological polar surface area (TPSA) is 55.1 Å². The third-order valence-electron chi connectivity index (χ3n) is 1.96. The van der Waals surface area contributed by atoms with Gasteiger partial charge in [0.05, 0.1) is 6.54 Å². The van der Waals surface area contributed by atoms with Crippen molar-refractivity contribution >= 4 is 5.91 Å². The molecule has 4 heteroatoms. The molecule has 4 nitrogen and oxygen atoms in total. The predicted molar refractivity (Wildman–Crippen MR) is 54.1 cm³/mol. The standard InChI is InChI=1S/C11H10N2O2/c14-11(9-4-2-1-3-5-9)12-8-10-6-7-15-13-10/h1-7H,8H2,(H,12,14). The van der Waals surface area contributed by atoms with Gasteiger partial charge in [0.2, 0.25) is 0 Å². The number of nitrogens with zero attached hydrogens (tertiary/aromatic N) is 1. The highest BCUT2D eigenvalue weighted by atomic mass is 16.5. The number of hydrogen-bond donors (Lipinski definition) is 1. The summed E-state index contributed by atoms with van der Waals surface area (Å²) in [5.74, 6) is -0.112. The van der Waals surface area contributed by atoms with E-state index in [1.165, 1.54) is 6.26 Å². The number of benzene rings is 1. The van der Waals surface area contributed by atoms with E-state index in [-0.39, 0.29) is 5.91 Å². The highest BCUT2D eigenvalue weighted by Crippen LogP contribution is 1.99. The summed E-state index contributed by atoms with van der Waals surface area (Å²) >= 11 is 0. The molecule has 0 bridgehead atoms. The largest absolute Gasteiger partial charge is 0.364 e. The van der Waals surface area contributed by atoms with E-state index in [1.54, 1.807) is 18.2 Å². The van der Waals surface area contributed by atoms with Crippen LogP contribution in [0.2, 0.25) is 0 Å². The summed E-state index contributed by atoms with van der Waals surface area (Å²) in [6.45, 7) is 0.379. The highest BCUT2D eigenvalue weighted by Gasteiger charge is 2.04. The summed E-state index contributed by atoms with van der Waals surface area (Å²) in [5.41, 5.74) is 1.35. The number of aromatic nitrogens is 1. The molecule has 0 aliphatic carbocycles. The molecule has 0 spiro atoms. The summed E-state index contributed by atoms with van der Waals surface area (Å²) in [6.07, 6.45) is 1.48. The summed E-state index contributed by atoms with van der Waals surface area (Å²) < 4.78 is 4.65. The van der Waals surface area contributed by atoms with E-state index in [0.29, 0.717) is 17.8 Å². The van der Waals surface area contributed by atoms with Crippen LogP contribution >= 0.6 is 0 Å². The molecular weight excluding hydrogens is 192 g/mol. The summed E-state index contributed by atoms with van der Waals surface area (Å²) in [6, 6.07) is 10.8. The van der Waals surface area contributed by atoms with E-state index < -0.39 is 0 Å². The molecule has 1 aromatic heterocycles. The fraction of sp³-hybridized carbons (Fsp3) is 0.0909. The Morgan fingerprint density at radius 1 is 1.27 bits per heavy atom. The summed E-state index contributed by atoms with van der Waals surface area (Å²) in [7, 11) is 0. The zero-order chi connectivity index (χ0) is 10.5. The molecule has 76 valence electrons. The van der Waals surface area contributed by atoms with Crippen molar-refractivity contribution in [3.63, 3.8) is 0 Å². The molecule has 0 saturated carbocycles. The highest BCUT2D eigenvalue weighted by molar-refractivity contribution is 5.93. The lowest BCUT2D eigenvalue weighted by Gasteiger charge is -2.01. The smallest absolute Gasteiger partial charge is 0.251 e. The van der Waals surface area contributed by atoms with E-state index in [9.17, 15) is 4.79 Å². The van der Waals surface area contributed by atoms with Crippen LogP contribution in [0.25, 0.3) is 0 Å². The van der Waals surface area contributed by atoms with Crippen molar-refractivity contribution in [2.75, 3.05) is 0 Å². The van der Waals surface area contributed by atoms with Crippen LogP contribution in [0, 0.1) is 0 Å². The molecule has 2 aromatic rings. The van der Waals surface area contributed by atoms with Gasteiger partial charge in [0.25, 0.3) is 5.91 Å². The number of carbonyl (C=O) groups excluding carboxylic acids is 1. The second kappa shape index (κ2) is 4.41. The third kappa shape index (κ3) is 2.43. The van der Waals surface area contributed by atoms with Gasteiger partial charge in [0.1, 0.15) is 12.0 Å². The van der Waals surface area contributed by atoms with Crippen molar-refractivity contribution in [2.45, 2.75) is 6.54 Å². The van der Waals surface area contributed by atoms with E-state index in [1.807, 2.05) is 18.2 Å². The van der Waals surface area contributed by atoms with Gasteiger partial charge in [-0.05, 0) is 12.1 Å². The van der Waals surface area contributed by atoms with Crippen molar-refractivity contribution in [3.8, 4) is 0 Å². The number of nitrogens with one attached hydrogen (secondary N) is 1. The molecule has 0 aliphatic heterocycles. The van der Waals surface area contributed by atoms with Gasteiger partial charge in [-0.25, -0.2) is 0 Å². The lowest BCUT2D eigenvalue weighted by molar-refractivity contribution is 0.0950. The van der Waals surface area contributed by atoms with Crippen molar-refractivity contribution in [3.05, 3.63) is 53.9 Å². The van der Waals surface area contributed by atoms with Gasteiger partial charge in [0, 0.05) is 11.6 Å². The van der Waals surface area contributed by atoms with E-state index in [2.05, 4.69) is 15.0 Å². The summed E-state index contributed by atoms with van der Waals surface area (Å²) in [4.78, 5) is 11.6. The molecule has 0 fully saturated rings. The van der Waals surface area contributed by atoms with Crippen LogP contribution in [-0.2, 0) is 6.54 Å². The minimum atomic E-state index is -0.112. The average Bonchev–Trinajstić information content (AvgIpc) is 2.80. The van der Waals surface area contributed by atoms with Crippen molar-refractivity contribution in [2.24, 2.45) is 0 Å². The Balaban J connectivity index is 1.94. The van der Waals surface area contributed by atoms with Gasteiger partial charge < -0.3 is 9.84 Å². The van der Waals surface area contributed by atoms with Crippen LogP contribution in [0.3, 0.4) is 0 Å². The fourth-order valence-electron chi connectivity index (χ4n) is 1.19. The minimum absolute atomic E-state index is 0.112. The van der Waals surface area contributed by atoms with Gasteiger partial charge in [0.15, 0.2) is 0 Å². The number of rotatable bonds is 3. The lowest BCUT2D eigenvalue weighted by atomic mass is 10.2. The molecule has 1 aromatic carbocycles. The van der Waals surface area contributed by atoms with Crippen molar-refractivity contribution in [1.29, 1.82) is 0 Å². The van der Waals surface area contributed by atoms with Crippen LogP contribution < -0.4 is 5.32 Å². The first-order valence-electron chi connectivity index (χ1n) is 4.59. The third-order valence-corrected chi connectivity index (χ3v) is 1.96. The minimum Gasteiger partial charge on any atom is -0.364 e. The molecule has 1 N–H and O–H groups in total. The number of hydrogen-bond acceptors (Lipinski definition) is 3. The Morgan fingerprint density at radius 2 is 2.07 bits per heavy atom. The van der Waals surface area contributed by atoms with Crippen LogP contribution in [-0.4, -0.2) is 11.1 Å². The van der Waals surface area contributed by atoms with E-state index in [0.717, 1.165) is 0 Å². The van der Waals surface area contributed by atoms with Gasteiger partial charge in [-0.1, -0.05) is 23.4 Å². The number of carbonyl (C=O) groups is 1. The van der Waals surface area contributed by atoms with Crippen molar-refractivity contribution in [1.82, 2.24) is 10.5 Å². The molecule has 0 aliphatic rings. The molecule has 1 amide bonds. The first-order chi connectivity index (χ1) is 7.36. The lowest BCUT2D eigenvalue weighted by Crippen LogP contribution is -2.22. The monoisotopic (exact) mass is 202 g/mol. The quantitative estimate of drug-likeness (QED) is 0.822. The van der Waals surface area contributed by atoms with Gasteiger partial charge >= 0.3 is 0 Å². The molecule has 0 atom stereocenters. The molecular formula is C11H10N2O2. The maximum atomic E-state index is 11.6. The van der Waals surface area contributed by atoms with Crippen LogP contribution in [0.4, 0.5) is 0 Å². The van der Waals surface area contributed by atoms with Gasteiger partial charge in [-0.2, -0.15) is 0 Å². The second-order valence-corrected chi connectivity index (χ2v) is 3.04. The Bertz CT molecular complexity index is 423. The summed E-state index contributed by atoms with van der Waals surface area (Å²) in [5, 5.41) is 6.43. The zero-order valence-corrected chi connectivity index (χ0v) is 8.01. The molecule has 15 heavy (non-hydrogen) atoms. The maximum absolute atomic E-state index is 11.6. The van der Waals surface area contributed by atoms with Crippen LogP contribution in [0.5, 0.6) is 0 Å². The predicted octanol–water partition coefficient (Wildman–Crippen LogP) is 1.60. The first kappa shape index (κ1) is 9.45. The molecule has 0 radical (unpaired) electrons. The van der Waals surface area contributed by atoms with Crippen LogP contribution in [0.1, 0.15) is 16.1 Å². The Morgan fingerprint density at radius 3 is 2.73 bits per heavy atom. The Hall–Kier alpha value is -2.10. The Kier molecular flexibility index (Phi) is 2.78. The average molecular weight is 202 g/mol. The molecule has 2 rings (SSSR count). The maximum Gasteiger partial charge on any atom is 0.251 e. The van der Waals surface area contributed by atoms with Crippen LogP contribution in [0.15, 0.2) is 47.2 Å². The molecule has 0 saturated heterocycles. The number of amides is 1. The Labute approximate surface area is 86.9 Å². The van der Waals surface area contributed by atoms with Crippen molar-refractivity contribution < 1.29 is 9.32 Å². The first-order valence-corrected chi connectivity index (χ1v) is 4.59. The second-order valence-electron chi connectivity index (χ2n) is 3.04. The molecule has 0 unspecified atom stereocenters. The normalized spacial score (nSPS) is 9.87. The van der Waals surface area contributed by atoms with Gasteiger partial charge in [-0.3, -0.25) is 4.79 Å². The zero-order valence-electron chi connectivity index (χ0n) is 8.01. The van der Waals surface area contributed by atoms with Gasteiger partial charge in [-0.15, -0.1) is 0 Å². The van der Waals surface area contributed by atoms with E-state index >= 15 is 0 Å². The molecule has 1 heterocycles. The fourth-order valence-corrected chi connectivity index (χ4v) is 1.19. The SMILES string of the molecule is O=C(NCc1ccon1)c1ccccc1. The van der Waals surface area contributed by atoms with E-state index in [4.69, 9.17) is 0 Å².